The molecule has 3 nitrogen and oxygen atoms in total. The minimum Gasteiger partial charge on any atom is -0.358 e. The summed E-state index contributed by atoms with van der Waals surface area (Å²) in [6.07, 6.45) is -0.227. The molecule has 0 atom stereocenters. The minimum atomic E-state index is -0.227. The average Bonchev–Trinajstić information content (AvgIpc) is 2.94. The normalized spacial score (nSPS) is 17.7. The first-order chi connectivity index (χ1) is 8.57. The Labute approximate surface area is 107 Å². The number of para-hydroxylation sites is 1. The van der Waals surface area contributed by atoms with Crippen LogP contribution >= 0.6 is 0 Å². The van der Waals surface area contributed by atoms with Crippen LogP contribution in [-0.4, -0.2) is 18.2 Å². The van der Waals surface area contributed by atoms with Gasteiger partial charge in [0.1, 0.15) is 0 Å². The Balaban J connectivity index is 2.24. The first-order valence-corrected chi connectivity index (χ1v) is 6.41. The van der Waals surface area contributed by atoms with Gasteiger partial charge in [0.25, 0.3) is 0 Å². The van der Waals surface area contributed by atoms with Crippen molar-refractivity contribution in [3.8, 4) is 0 Å². The Morgan fingerprint density at radius 2 is 1.78 bits per heavy atom. The molecular weight excluding hydrogens is 226 g/mol. The summed E-state index contributed by atoms with van der Waals surface area (Å²) in [4.78, 5) is 3.52. The third-order valence-corrected chi connectivity index (χ3v) is 3.35. The molecule has 1 aromatic heterocycles. The fourth-order valence-electron chi connectivity index (χ4n) is 2.53. The van der Waals surface area contributed by atoms with E-state index in [9.17, 15) is 0 Å². The Morgan fingerprint density at radius 3 is 2.44 bits per heavy atom. The fraction of sp³-hybridized carbons (Fsp3) is 0.467. The first-order valence-electron chi connectivity index (χ1n) is 6.41. The molecule has 0 spiro atoms. The fourth-order valence-corrected chi connectivity index (χ4v) is 2.53. The smallest absolute Gasteiger partial charge is 0.186 e. The van der Waals surface area contributed by atoms with Gasteiger partial charge in [-0.05, 0) is 6.07 Å². The number of benzene rings is 1. The largest absolute Gasteiger partial charge is 0.358 e. The predicted molar refractivity (Wildman–Crippen MR) is 71.6 cm³/mol. The van der Waals surface area contributed by atoms with E-state index in [0.717, 1.165) is 11.1 Å². The van der Waals surface area contributed by atoms with Crippen LogP contribution in [0.3, 0.4) is 0 Å². The van der Waals surface area contributed by atoms with Gasteiger partial charge < -0.3 is 14.5 Å². The number of aromatic nitrogens is 1. The SMILES string of the molecule is CC(C)(C)c1[nH]c2ccccc2c1C1OCCO1. The highest BCUT2D eigenvalue weighted by atomic mass is 16.7. The second kappa shape index (κ2) is 4.11. The summed E-state index contributed by atoms with van der Waals surface area (Å²) >= 11 is 0. The molecule has 3 heteroatoms. The molecule has 1 aromatic carbocycles. The molecule has 2 aromatic rings. The third kappa shape index (κ3) is 1.84. The Bertz CT molecular complexity index is 559. The van der Waals surface area contributed by atoms with Gasteiger partial charge >= 0.3 is 0 Å². The van der Waals surface area contributed by atoms with Crippen LogP contribution in [-0.2, 0) is 14.9 Å². The van der Waals surface area contributed by atoms with Crippen LogP contribution in [0.4, 0.5) is 0 Å². The highest BCUT2D eigenvalue weighted by Gasteiger charge is 2.30. The second-order valence-corrected chi connectivity index (χ2v) is 5.78. The van der Waals surface area contributed by atoms with Crippen molar-refractivity contribution in [3.63, 3.8) is 0 Å². The third-order valence-electron chi connectivity index (χ3n) is 3.35. The minimum absolute atomic E-state index is 0.0453. The number of hydrogen-bond donors (Lipinski definition) is 1. The number of aromatic amines is 1. The van der Waals surface area contributed by atoms with Gasteiger partial charge in [-0.1, -0.05) is 39.0 Å². The maximum absolute atomic E-state index is 5.70. The topological polar surface area (TPSA) is 34.2 Å². The molecule has 0 radical (unpaired) electrons. The van der Waals surface area contributed by atoms with Crippen LogP contribution in [0.5, 0.6) is 0 Å². The lowest BCUT2D eigenvalue weighted by atomic mass is 9.88. The van der Waals surface area contributed by atoms with E-state index in [2.05, 4.69) is 44.0 Å². The van der Waals surface area contributed by atoms with E-state index in [1.54, 1.807) is 0 Å². The number of rotatable bonds is 1. The number of hydrogen-bond acceptors (Lipinski definition) is 2. The van der Waals surface area contributed by atoms with Gasteiger partial charge in [0.05, 0.1) is 13.2 Å². The molecule has 0 saturated carbocycles. The lowest BCUT2D eigenvalue weighted by molar-refractivity contribution is -0.0441. The van der Waals surface area contributed by atoms with Crippen LogP contribution in [0.1, 0.15) is 38.3 Å². The lowest BCUT2D eigenvalue weighted by Gasteiger charge is -2.21. The molecule has 1 aliphatic heterocycles. The zero-order valence-corrected chi connectivity index (χ0v) is 11.1. The molecule has 1 saturated heterocycles. The molecule has 0 amide bonds. The summed E-state index contributed by atoms with van der Waals surface area (Å²) in [5.41, 5.74) is 3.56. The van der Waals surface area contributed by atoms with Gasteiger partial charge in [0, 0.05) is 27.6 Å². The number of ether oxygens (including phenoxy) is 2. The molecule has 1 N–H and O–H groups in total. The van der Waals surface area contributed by atoms with Crippen molar-refractivity contribution in [1.29, 1.82) is 0 Å². The van der Waals surface area contributed by atoms with Gasteiger partial charge in [-0.25, -0.2) is 0 Å². The molecule has 2 heterocycles. The highest BCUT2D eigenvalue weighted by Crippen LogP contribution is 2.38. The summed E-state index contributed by atoms with van der Waals surface area (Å²) in [5.74, 6) is 0. The van der Waals surface area contributed by atoms with E-state index in [1.165, 1.54) is 11.1 Å². The van der Waals surface area contributed by atoms with Crippen molar-refractivity contribution >= 4 is 10.9 Å². The van der Waals surface area contributed by atoms with Crippen molar-refractivity contribution in [2.75, 3.05) is 13.2 Å². The van der Waals surface area contributed by atoms with Crippen molar-refractivity contribution < 1.29 is 9.47 Å². The molecule has 1 fully saturated rings. The maximum atomic E-state index is 5.70. The summed E-state index contributed by atoms with van der Waals surface area (Å²) < 4.78 is 11.4. The second-order valence-electron chi connectivity index (χ2n) is 5.78. The van der Waals surface area contributed by atoms with Crippen molar-refractivity contribution in [1.82, 2.24) is 4.98 Å². The molecule has 0 unspecified atom stereocenters. The molecular formula is C15H19NO2. The van der Waals surface area contributed by atoms with Crippen molar-refractivity contribution in [2.45, 2.75) is 32.5 Å². The predicted octanol–water partition coefficient (Wildman–Crippen LogP) is 3.51. The lowest BCUT2D eigenvalue weighted by Crippen LogP contribution is -2.16. The molecule has 3 rings (SSSR count). The van der Waals surface area contributed by atoms with E-state index < -0.39 is 0 Å². The number of nitrogens with one attached hydrogen (secondary N) is 1. The van der Waals surface area contributed by atoms with E-state index in [-0.39, 0.29) is 11.7 Å². The van der Waals surface area contributed by atoms with Gasteiger partial charge in [-0.2, -0.15) is 0 Å². The summed E-state index contributed by atoms with van der Waals surface area (Å²) in [6, 6.07) is 8.33. The van der Waals surface area contributed by atoms with Gasteiger partial charge in [0.15, 0.2) is 6.29 Å². The molecule has 1 aliphatic rings. The van der Waals surface area contributed by atoms with E-state index in [4.69, 9.17) is 9.47 Å². The van der Waals surface area contributed by atoms with Crippen LogP contribution in [0, 0.1) is 0 Å². The van der Waals surface area contributed by atoms with Gasteiger partial charge in [-0.15, -0.1) is 0 Å². The molecule has 0 aliphatic carbocycles. The Morgan fingerprint density at radius 1 is 1.11 bits per heavy atom. The van der Waals surface area contributed by atoms with Crippen LogP contribution < -0.4 is 0 Å². The van der Waals surface area contributed by atoms with E-state index >= 15 is 0 Å². The molecule has 0 bridgehead atoms. The number of fused-ring (bicyclic) bond motifs is 1. The maximum Gasteiger partial charge on any atom is 0.186 e. The van der Waals surface area contributed by atoms with Gasteiger partial charge in [-0.3, -0.25) is 0 Å². The summed E-state index contributed by atoms with van der Waals surface area (Å²) in [6.45, 7) is 7.96. The molecule has 18 heavy (non-hydrogen) atoms. The summed E-state index contributed by atoms with van der Waals surface area (Å²) in [5, 5.41) is 1.20. The Hall–Kier alpha value is -1.32. The number of H-pyrrole nitrogens is 1. The van der Waals surface area contributed by atoms with Crippen LogP contribution in [0.25, 0.3) is 10.9 Å². The van der Waals surface area contributed by atoms with E-state index in [1.807, 2.05) is 6.07 Å². The quantitative estimate of drug-likeness (QED) is 0.834. The first kappa shape index (κ1) is 11.8. The van der Waals surface area contributed by atoms with Crippen molar-refractivity contribution in [3.05, 3.63) is 35.5 Å². The van der Waals surface area contributed by atoms with Crippen molar-refractivity contribution in [2.24, 2.45) is 0 Å². The van der Waals surface area contributed by atoms with E-state index in [0.29, 0.717) is 13.2 Å². The highest BCUT2D eigenvalue weighted by molar-refractivity contribution is 5.85. The zero-order valence-electron chi connectivity index (χ0n) is 11.1. The summed E-state index contributed by atoms with van der Waals surface area (Å²) in [7, 11) is 0. The van der Waals surface area contributed by atoms with Gasteiger partial charge in [0.2, 0.25) is 0 Å². The standard InChI is InChI=1S/C15H19NO2/c1-15(2,3)13-12(14-17-8-9-18-14)10-6-4-5-7-11(10)16-13/h4-7,14,16H,8-9H2,1-3H3. The van der Waals surface area contributed by atoms with Crippen LogP contribution in [0.15, 0.2) is 24.3 Å². The monoisotopic (exact) mass is 245 g/mol. The molecule has 96 valence electrons. The average molecular weight is 245 g/mol. The zero-order chi connectivity index (χ0) is 12.8. The Kier molecular flexibility index (Phi) is 2.68. The van der Waals surface area contributed by atoms with Crippen LogP contribution in [0.2, 0.25) is 0 Å².